The van der Waals surface area contributed by atoms with Gasteiger partial charge in [-0.3, -0.25) is 4.79 Å². The number of hydrogen-bond donors (Lipinski definition) is 1. The molecule has 4 heteroatoms. The molecule has 2 saturated carbocycles. The monoisotopic (exact) mass is 322 g/mol. The highest BCUT2D eigenvalue weighted by Gasteiger charge is 2.42. The lowest BCUT2D eigenvalue weighted by molar-refractivity contribution is 0.0910. The van der Waals surface area contributed by atoms with E-state index in [2.05, 4.69) is 33.2 Å². The first kappa shape index (κ1) is 13.1. The number of amides is 1. The third-order valence-corrected chi connectivity index (χ3v) is 5.18. The molecular weight excluding hydrogens is 304 g/mol. The summed E-state index contributed by atoms with van der Waals surface area (Å²) >= 11 is 3.30. The number of aromatic nitrogens is 1. The normalized spacial score (nSPS) is 30.3. The predicted molar refractivity (Wildman–Crippen MR) is 77.8 cm³/mol. The summed E-state index contributed by atoms with van der Waals surface area (Å²) < 4.78 is 0.702. The largest absolute Gasteiger partial charge is 0.348 e. The zero-order valence-corrected chi connectivity index (χ0v) is 12.7. The molecule has 1 aromatic heterocycles. The quantitative estimate of drug-likeness (QED) is 0.866. The van der Waals surface area contributed by atoms with Crippen molar-refractivity contribution >= 4 is 21.8 Å². The van der Waals surface area contributed by atoms with E-state index in [0.29, 0.717) is 16.2 Å². The van der Waals surface area contributed by atoms with Crippen LogP contribution in [0, 0.1) is 17.8 Å². The molecule has 1 heterocycles. The molecule has 0 aromatic carbocycles. The number of carbonyl (C=O) groups excluding carboxylic acids is 1. The van der Waals surface area contributed by atoms with Crippen molar-refractivity contribution in [2.45, 2.75) is 38.6 Å². The Kier molecular flexibility index (Phi) is 3.61. The first-order valence-corrected chi connectivity index (χ1v) is 7.86. The Morgan fingerprint density at radius 2 is 2.26 bits per heavy atom. The summed E-state index contributed by atoms with van der Waals surface area (Å²) in [6.45, 7) is 2.14. The van der Waals surface area contributed by atoms with Gasteiger partial charge in [-0.05, 0) is 72.0 Å². The standard InChI is InChI=1S/C15H19BrN2O/c1-9(12-8-10-5-6-11(12)7-10)17-15(19)13-3-2-4-14(16)18-13/h2-4,9-12H,5-8H2,1H3,(H,17,19). The number of rotatable bonds is 3. The summed E-state index contributed by atoms with van der Waals surface area (Å²) in [5.74, 6) is 2.35. The summed E-state index contributed by atoms with van der Waals surface area (Å²) in [6.07, 6.45) is 5.41. The number of pyridine rings is 1. The van der Waals surface area contributed by atoms with Crippen LogP contribution in [0.25, 0.3) is 0 Å². The van der Waals surface area contributed by atoms with E-state index in [4.69, 9.17) is 0 Å². The van der Waals surface area contributed by atoms with Gasteiger partial charge in [-0.2, -0.15) is 0 Å². The molecular formula is C15H19BrN2O. The van der Waals surface area contributed by atoms with Crippen molar-refractivity contribution in [3.8, 4) is 0 Å². The first-order chi connectivity index (χ1) is 9.13. The molecule has 4 atom stereocenters. The average Bonchev–Trinajstić information content (AvgIpc) is 3.00. The minimum absolute atomic E-state index is 0.0587. The van der Waals surface area contributed by atoms with E-state index in [9.17, 15) is 4.79 Å². The number of hydrogen-bond acceptors (Lipinski definition) is 2. The number of nitrogens with zero attached hydrogens (tertiary/aromatic N) is 1. The second-order valence-corrected chi connectivity index (χ2v) is 6.76. The van der Waals surface area contributed by atoms with Gasteiger partial charge in [-0.1, -0.05) is 12.5 Å². The summed E-state index contributed by atoms with van der Waals surface area (Å²) in [5.41, 5.74) is 0.490. The zero-order chi connectivity index (χ0) is 13.4. The van der Waals surface area contributed by atoms with Crippen LogP contribution in [0.15, 0.2) is 22.8 Å². The molecule has 4 unspecified atom stereocenters. The summed E-state index contributed by atoms with van der Waals surface area (Å²) in [5, 5.41) is 3.13. The molecule has 2 bridgehead atoms. The van der Waals surface area contributed by atoms with Crippen molar-refractivity contribution < 1.29 is 4.79 Å². The SMILES string of the molecule is CC(NC(=O)c1cccc(Br)n1)C1CC2CCC1C2. The molecule has 2 aliphatic carbocycles. The van der Waals surface area contributed by atoms with Gasteiger partial charge in [-0.25, -0.2) is 4.98 Å². The van der Waals surface area contributed by atoms with Crippen LogP contribution in [0.5, 0.6) is 0 Å². The second-order valence-electron chi connectivity index (χ2n) is 5.95. The van der Waals surface area contributed by atoms with E-state index in [0.717, 1.165) is 11.8 Å². The Morgan fingerprint density at radius 1 is 1.42 bits per heavy atom. The van der Waals surface area contributed by atoms with Crippen LogP contribution in [-0.4, -0.2) is 16.9 Å². The highest BCUT2D eigenvalue weighted by molar-refractivity contribution is 9.10. The van der Waals surface area contributed by atoms with Crippen molar-refractivity contribution in [3.05, 3.63) is 28.5 Å². The third kappa shape index (κ3) is 2.69. The minimum atomic E-state index is -0.0587. The van der Waals surface area contributed by atoms with Gasteiger partial charge in [0, 0.05) is 6.04 Å². The van der Waals surface area contributed by atoms with Gasteiger partial charge in [0.1, 0.15) is 10.3 Å². The van der Waals surface area contributed by atoms with Crippen LogP contribution in [0.3, 0.4) is 0 Å². The van der Waals surface area contributed by atoms with Crippen LogP contribution in [-0.2, 0) is 0 Å². The van der Waals surface area contributed by atoms with Crippen LogP contribution >= 0.6 is 15.9 Å². The maximum absolute atomic E-state index is 12.2. The molecule has 2 aliphatic rings. The highest BCUT2D eigenvalue weighted by Crippen LogP contribution is 2.49. The molecule has 1 N–H and O–H groups in total. The van der Waals surface area contributed by atoms with E-state index in [1.54, 1.807) is 6.07 Å². The Morgan fingerprint density at radius 3 is 2.89 bits per heavy atom. The third-order valence-electron chi connectivity index (χ3n) is 4.74. The predicted octanol–water partition coefficient (Wildman–Crippen LogP) is 3.40. The summed E-state index contributed by atoms with van der Waals surface area (Å²) in [4.78, 5) is 16.4. The summed E-state index contributed by atoms with van der Waals surface area (Å²) in [6, 6.07) is 5.68. The zero-order valence-electron chi connectivity index (χ0n) is 11.1. The first-order valence-electron chi connectivity index (χ1n) is 7.07. The lowest BCUT2D eigenvalue weighted by atomic mass is 9.84. The van der Waals surface area contributed by atoms with Gasteiger partial charge in [0.15, 0.2) is 0 Å². The smallest absolute Gasteiger partial charge is 0.270 e. The molecule has 1 amide bonds. The maximum atomic E-state index is 12.2. The molecule has 102 valence electrons. The van der Waals surface area contributed by atoms with E-state index in [1.807, 2.05) is 12.1 Å². The van der Waals surface area contributed by atoms with Gasteiger partial charge in [-0.15, -0.1) is 0 Å². The van der Waals surface area contributed by atoms with Crippen molar-refractivity contribution in [2.24, 2.45) is 17.8 Å². The topological polar surface area (TPSA) is 42.0 Å². The summed E-state index contributed by atoms with van der Waals surface area (Å²) in [7, 11) is 0. The lowest BCUT2D eigenvalue weighted by Gasteiger charge is -2.28. The van der Waals surface area contributed by atoms with Gasteiger partial charge in [0.25, 0.3) is 5.91 Å². The molecule has 2 fully saturated rings. The lowest BCUT2D eigenvalue weighted by Crippen LogP contribution is -2.40. The van der Waals surface area contributed by atoms with Gasteiger partial charge in [0.05, 0.1) is 0 Å². The fourth-order valence-corrected chi connectivity index (χ4v) is 4.17. The second kappa shape index (κ2) is 5.23. The van der Waals surface area contributed by atoms with Crippen LogP contribution < -0.4 is 5.32 Å². The van der Waals surface area contributed by atoms with Crippen molar-refractivity contribution in [1.82, 2.24) is 10.3 Å². The van der Waals surface area contributed by atoms with E-state index >= 15 is 0 Å². The molecule has 1 aromatic rings. The van der Waals surface area contributed by atoms with Gasteiger partial charge >= 0.3 is 0 Å². The Bertz CT molecular complexity index is 491. The van der Waals surface area contributed by atoms with E-state index < -0.39 is 0 Å². The molecule has 0 spiro atoms. The molecule has 3 nitrogen and oxygen atoms in total. The Labute approximate surface area is 122 Å². The Balaban J connectivity index is 1.63. The molecule has 0 radical (unpaired) electrons. The van der Waals surface area contributed by atoms with Crippen molar-refractivity contribution in [2.75, 3.05) is 0 Å². The number of fused-ring (bicyclic) bond motifs is 2. The van der Waals surface area contributed by atoms with Gasteiger partial charge < -0.3 is 5.32 Å². The van der Waals surface area contributed by atoms with Gasteiger partial charge in [0.2, 0.25) is 0 Å². The molecule has 19 heavy (non-hydrogen) atoms. The van der Waals surface area contributed by atoms with Crippen LogP contribution in [0.4, 0.5) is 0 Å². The van der Waals surface area contributed by atoms with Crippen LogP contribution in [0.1, 0.15) is 43.1 Å². The van der Waals surface area contributed by atoms with Crippen molar-refractivity contribution in [1.29, 1.82) is 0 Å². The molecule has 3 rings (SSSR count). The number of nitrogens with one attached hydrogen (secondary N) is 1. The minimum Gasteiger partial charge on any atom is -0.348 e. The fourth-order valence-electron chi connectivity index (χ4n) is 3.83. The van der Waals surface area contributed by atoms with Crippen LogP contribution in [0.2, 0.25) is 0 Å². The number of halogens is 1. The molecule has 0 saturated heterocycles. The Hall–Kier alpha value is -0.900. The molecule has 0 aliphatic heterocycles. The number of carbonyl (C=O) groups is 1. The van der Waals surface area contributed by atoms with E-state index in [1.165, 1.54) is 25.7 Å². The maximum Gasteiger partial charge on any atom is 0.270 e. The van der Waals surface area contributed by atoms with Crippen molar-refractivity contribution in [3.63, 3.8) is 0 Å². The fraction of sp³-hybridized carbons (Fsp3) is 0.600. The average molecular weight is 323 g/mol. The highest BCUT2D eigenvalue weighted by atomic mass is 79.9. The van der Waals surface area contributed by atoms with E-state index in [-0.39, 0.29) is 11.9 Å².